The second-order valence-electron chi connectivity index (χ2n) is 7.89. The summed E-state index contributed by atoms with van der Waals surface area (Å²) in [6.07, 6.45) is -4.51. The van der Waals surface area contributed by atoms with Gasteiger partial charge in [-0.2, -0.15) is 13.2 Å². The van der Waals surface area contributed by atoms with E-state index in [9.17, 15) is 22.8 Å². The van der Waals surface area contributed by atoms with Crippen molar-refractivity contribution in [2.45, 2.75) is 26.8 Å². The minimum atomic E-state index is -4.55. The van der Waals surface area contributed by atoms with Gasteiger partial charge in [-0.1, -0.05) is 34.4 Å². The molecule has 1 aliphatic rings. The summed E-state index contributed by atoms with van der Waals surface area (Å²) in [5, 5.41) is 8.69. The van der Waals surface area contributed by atoms with Crippen molar-refractivity contribution in [3.05, 3.63) is 68.7 Å². The average molecular weight is 772 g/mol. The summed E-state index contributed by atoms with van der Waals surface area (Å²) in [5.41, 5.74) is 0.578. The lowest BCUT2D eigenvalue weighted by atomic mass is 9.87. The van der Waals surface area contributed by atoms with Crippen LogP contribution in [0.4, 0.5) is 17.6 Å². The fourth-order valence-corrected chi connectivity index (χ4v) is 5.19. The first kappa shape index (κ1) is 29.2. The van der Waals surface area contributed by atoms with E-state index in [1.54, 1.807) is 81.7 Å². The number of halogens is 8. The lowest BCUT2D eigenvalue weighted by Crippen LogP contribution is -2.41. The molecule has 6 nitrogen and oxygen atoms in total. The second-order valence-corrected chi connectivity index (χ2v) is 13.8. The number of oxime groups is 1. The molecule has 0 bridgehead atoms. The Morgan fingerprint density at radius 1 is 1.08 bits per heavy atom. The molecular weight excluding hydrogens is 755 g/mol. The molecular formula is C22H17Cl2F4I2N3O3. The maximum atomic E-state index is 15.4. The van der Waals surface area contributed by atoms with E-state index in [-0.39, 0.29) is 12.0 Å². The first-order valence-corrected chi connectivity index (χ1v) is 13.0. The molecule has 2 aromatic rings. The van der Waals surface area contributed by atoms with E-state index in [2.05, 4.69) is 10.5 Å². The number of aryl methyl sites for hydroxylation is 1. The van der Waals surface area contributed by atoms with Crippen molar-refractivity contribution in [3.63, 3.8) is 0 Å². The maximum absolute atomic E-state index is 15.4. The van der Waals surface area contributed by atoms with Gasteiger partial charge < -0.3 is 15.5 Å². The Labute approximate surface area is 240 Å². The quantitative estimate of drug-likeness (QED) is 0.199. The first-order valence-electron chi connectivity index (χ1n) is 10.1. The van der Waals surface area contributed by atoms with Crippen LogP contribution in [0.5, 0.6) is 0 Å². The van der Waals surface area contributed by atoms with Gasteiger partial charge in [0.1, 0.15) is 6.54 Å². The smallest absolute Gasteiger partial charge is 0.378 e. The van der Waals surface area contributed by atoms with Gasteiger partial charge in [0.25, 0.3) is 7.59 Å². The molecule has 0 saturated heterocycles. The third kappa shape index (κ3) is 6.92. The number of carbonyl (C=O) groups excluding carboxylic acids is 2. The highest BCUT2D eigenvalue weighted by atomic mass is 127. The van der Waals surface area contributed by atoms with Crippen LogP contribution in [0, 0.1) is 6.92 Å². The lowest BCUT2D eigenvalue weighted by molar-refractivity contribution is -0.137. The second kappa shape index (κ2) is 11.2. The Balaban J connectivity index is 1.75. The van der Waals surface area contributed by atoms with Gasteiger partial charge in [-0.05, 0) is 93.6 Å². The molecule has 1 aliphatic heterocycles. The van der Waals surface area contributed by atoms with Crippen molar-refractivity contribution in [1.29, 1.82) is 0 Å². The van der Waals surface area contributed by atoms with Crippen LogP contribution in [0.15, 0.2) is 41.6 Å². The van der Waals surface area contributed by atoms with Crippen LogP contribution in [0.2, 0.25) is 10.0 Å². The highest BCUT2D eigenvalue weighted by Gasteiger charge is 2.57. The minimum absolute atomic E-state index is 0.0381. The minimum Gasteiger partial charge on any atom is -0.378 e. The van der Waals surface area contributed by atoms with E-state index >= 15 is 4.39 Å². The summed E-state index contributed by atoms with van der Waals surface area (Å²) in [5.74, 6) is -1.62. The Kier molecular flexibility index (Phi) is 9.04. The van der Waals surface area contributed by atoms with Gasteiger partial charge in [0.2, 0.25) is 11.5 Å². The van der Waals surface area contributed by atoms with Crippen molar-refractivity contribution < 1.29 is 32.0 Å². The maximum Gasteiger partial charge on any atom is 0.405 e. The third-order valence-electron chi connectivity index (χ3n) is 5.21. The fourth-order valence-electron chi connectivity index (χ4n) is 3.46. The van der Waals surface area contributed by atoms with E-state index in [0.29, 0.717) is 32.4 Å². The summed E-state index contributed by atoms with van der Waals surface area (Å²) in [4.78, 5) is 29.7. The first-order chi connectivity index (χ1) is 16.6. The monoisotopic (exact) mass is 771 g/mol. The van der Waals surface area contributed by atoms with Gasteiger partial charge in [-0.3, -0.25) is 9.59 Å². The Morgan fingerprint density at radius 3 is 2.28 bits per heavy atom. The molecule has 2 N–H and O–H groups in total. The number of nitrogens with one attached hydrogen (secondary N) is 2. The van der Waals surface area contributed by atoms with Gasteiger partial charge in [-0.15, -0.1) is 0 Å². The third-order valence-corrected chi connectivity index (χ3v) is 7.39. The molecule has 2 aromatic carbocycles. The molecule has 14 heteroatoms. The standard InChI is InChI=1S/C22H17Cl2F4I2N3O3/c1-11-4-12(2-3-16(11)19(35)31-9-18(34)32-10-21(25,26)27)17-8-20(36-33-17,22(28,29)30)13-5-14(23)7-15(24)6-13/h2-7H,8-10H2,1H3,(H,31,35)(H,32,34). The van der Waals surface area contributed by atoms with E-state index in [1.165, 1.54) is 12.1 Å². The van der Waals surface area contributed by atoms with Gasteiger partial charge in [0, 0.05) is 27.6 Å². The summed E-state index contributed by atoms with van der Waals surface area (Å²) < 4.78 is 50.1. The Hall–Kier alpha value is -1.39. The predicted octanol–water partition coefficient (Wildman–Crippen LogP) is 6.22. The Bertz CT molecular complexity index is 1200. The molecule has 36 heavy (non-hydrogen) atoms. The summed E-state index contributed by atoms with van der Waals surface area (Å²) >= 11 is 15.5. The molecule has 1 unspecified atom stereocenters. The number of nitrogens with zero attached hydrogens (tertiary/aromatic N) is 1. The number of benzene rings is 2. The van der Waals surface area contributed by atoms with E-state index in [0.717, 1.165) is 0 Å². The number of hydrogen-bond acceptors (Lipinski definition) is 4. The molecule has 0 fully saturated rings. The fraction of sp³-hybridized carbons (Fsp3) is 0.318. The summed E-state index contributed by atoms with van der Waals surface area (Å²) in [7, 11) is 0. The van der Waals surface area contributed by atoms with Gasteiger partial charge >= 0.3 is 6.18 Å². The molecule has 2 amide bonds. The SMILES string of the molecule is Cc1cc(C2=NOC(c3cc(Cl)cc(Cl)c3)(C(F)(I)I)C2)ccc1C(=O)NCC(=O)NCC(F)(F)F. The molecule has 3 rings (SSSR count). The van der Waals surface area contributed by atoms with Crippen molar-refractivity contribution in [3.8, 4) is 0 Å². The summed E-state index contributed by atoms with van der Waals surface area (Å²) in [6, 6.07) is 9.33. The van der Waals surface area contributed by atoms with E-state index < -0.39 is 38.4 Å². The van der Waals surface area contributed by atoms with Crippen molar-refractivity contribution >= 4 is 85.9 Å². The topological polar surface area (TPSA) is 79.8 Å². The molecule has 0 spiro atoms. The Morgan fingerprint density at radius 2 is 1.72 bits per heavy atom. The van der Waals surface area contributed by atoms with Crippen LogP contribution in [0.3, 0.4) is 0 Å². The van der Waals surface area contributed by atoms with Crippen LogP contribution in [-0.4, -0.2) is 38.5 Å². The largest absolute Gasteiger partial charge is 0.405 e. The van der Waals surface area contributed by atoms with Crippen LogP contribution in [0.1, 0.15) is 33.5 Å². The zero-order valence-corrected chi connectivity index (χ0v) is 24.1. The van der Waals surface area contributed by atoms with E-state index in [4.69, 9.17) is 28.0 Å². The molecule has 0 radical (unpaired) electrons. The van der Waals surface area contributed by atoms with E-state index in [1.807, 2.05) is 0 Å². The van der Waals surface area contributed by atoms with Crippen molar-refractivity contribution in [2.75, 3.05) is 13.1 Å². The van der Waals surface area contributed by atoms with Crippen molar-refractivity contribution in [2.24, 2.45) is 5.16 Å². The van der Waals surface area contributed by atoms with Crippen LogP contribution in [0.25, 0.3) is 0 Å². The van der Waals surface area contributed by atoms with Crippen LogP contribution >= 0.6 is 68.4 Å². The molecule has 0 saturated carbocycles. The predicted molar refractivity (Wildman–Crippen MR) is 145 cm³/mol. The van der Waals surface area contributed by atoms with Crippen LogP contribution in [-0.2, 0) is 15.2 Å². The lowest BCUT2D eigenvalue weighted by Gasteiger charge is -2.33. The molecule has 194 valence electrons. The normalized spacial score (nSPS) is 17.9. The molecule has 1 heterocycles. The number of amides is 2. The molecule has 1 atom stereocenters. The number of hydrogen-bond donors (Lipinski definition) is 2. The number of alkyl halides is 6. The van der Waals surface area contributed by atoms with Crippen LogP contribution < -0.4 is 10.6 Å². The van der Waals surface area contributed by atoms with Crippen molar-refractivity contribution in [1.82, 2.24) is 10.6 Å². The zero-order valence-electron chi connectivity index (χ0n) is 18.3. The summed E-state index contributed by atoms with van der Waals surface area (Å²) in [6.45, 7) is -0.471. The molecule has 0 aromatic heterocycles. The molecule has 0 aliphatic carbocycles. The van der Waals surface area contributed by atoms with Gasteiger partial charge in [0.15, 0.2) is 0 Å². The number of rotatable bonds is 7. The highest BCUT2D eigenvalue weighted by Crippen LogP contribution is 2.54. The highest BCUT2D eigenvalue weighted by molar-refractivity contribution is 14.2. The van der Waals surface area contributed by atoms with Gasteiger partial charge in [0.05, 0.1) is 12.3 Å². The van der Waals surface area contributed by atoms with Gasteiger partial charge in [-0.25, -0.2) is 4.39 Å². The zero-order chi connectivity index (χ0) is 26.9. The number of carbonyl (C=O) groups is 2. The average Bonchev–Trinajstić information content (AvgIpc) is 3.22.